The average molecular weight is 312 g/mol. The van der Waals surface area contributed by atoms with Gasteiger partial charge in [0.05, 0.1) is 18.7 Å². The number of thiazole rings is 1. The molecule has 6 nitrogen and oxygen atoms in total. The van der Waals surface area contributed by atoms with Gasteiger partial charge >= 0.3 is 11.9 Å². The topological polar surface area (TPSA) is 79.7 Å². The Labute approximate surface area is 128 Å². The van der Waals surface area contributed by atoms with E-state index < -0.39 is 11.9 Å². The Balaban J connectivity index is 2.96. The molecule has 1 aromatic rings. The summed E-state index contributed by atoms with van der Waals surface area (Å²) in [6.07, 6.45) is 0.000642. The van der Waals surface area contributed by atoms with E-state index >= 15 is 0 Å². The second-order valence-corrected chi connectivity index (χ2v) is 5.63. The van der Waals surface area contributed by atoms with Gasteiger partial charge in [-0.25, -0.2) is 9.78 Å². The fourth-order valence-corrected chi connectivity index (χ4v) is 2.69. The van der Waals surface area contributed by atoms with Crippen LogP contribution in [0.5, 0.6) is 0 Å². The van der Waals surface area contributed by atoms with Crippen molar-refractivity contribution in [2.45, 2.75) is 27.2 Å². The number of carboxylic acid groups (broad SMARTS) is 1. The maximum atomic E-state index is 11.8. The molecule has 1 aromatic heterocycles. The lowest BCUT2D eigenvalue weighted by Gasteiger charge is -2.20. The number of ether oxygens (including phenoxy) is 1. The third-order valence-corrected chi connectivity index (χ3v) is 3.77. The van der Waals surface area contributed by atoms with Gasteiger partial charge in [0.2, 0.25) is 0 Å². The summed E-state index contributed by atoms with van der Waals surface area (Å²) in [5.41, 5.74) is 1.49. The highest BCUT2D eigenvalue weighted by molar-refractivity contribution is 7.17. The van der Waals surface area contributed by atoms with Crippen LogP contribution < -0.4 is 4.90 Å². The van der Waals surface area contributed by atoms with E-state index in [9.17, 15) is 9.59 Å². The molecular weight excluding hydrogens is 292 g/mol. The van der Waals surface area contributed by atoms with E-state index in [0.717, 1.165) is 5.57 Å². The van der Waals surface area contributed by atoms with Gasteiger partial charge in [-0.3, -0.25) is 4.79 Å². The summed E-state index contributed by atoms with van der Waals surface area (Å²) in [6, 6.07) is 0. The first kappa shape index (κ1) is 17.2. The van der Waals surface area contributed by atoms with E-state index in [1.54, 1.807) is 13.8 Å². The zero-order valence-electron chi connectivity index (χ0n) is 12.5. The van der Waals surface area contributed by atoms with Gasteiger partial charge in [-0.2, -0.15) is 0 Å². The zero-order chi connectivity index (χ0) is 16.0. The molecule has 0 spiro atoms. The predicted molar refractivity (Wildman–Crippen MR) is 82.1 cm³/mol. The highest BCUT2D eigenvalue weighted by Gasteiger charge is 2.20. The van der Waals surface area contributed by atoms with Crippen LogP contribution in [0.25, 0.3) is 0 Å². The van der Waals surface area contributed by atoms with E-state index in [-0.39, 0.29) is 6.42 Å². The second kappa shape index (κ2) is 7.78. The molecule has 1 rings (SSSR count). The minimum Gasteiger partial charge on any atom is -0.481 e. The van der Waals surface area contributed by atoms with E-state index in [0.29, 0.717) is 35.4 Å². The summed E-state index contributed by atoms with van der Waals surface area (Å²) < 4.78 is 4.98. The van der Waals surface area contributed by atoms with Gasteiger partial charge in [-0.15, -0.1) is 0 Å². The van der Waals surface area contributed by atoms with Crippen molar-refractivity contribution in [2.24, 2.45) is 0 Å². The molecule has 0 aliphatic carbocycles. The van der Waals surface area contributed by atoms with Crippen molar-refractivity contribution >= 4 is 28.4 Å². The summed E-state index contributed by atoms with van der Waals surface area (Å²) in [7, 11) is 0. The molecule has 0 radical (unpaired) electrons. The standard InChI is InChI=1S/C14H20N2O4S/c1-5-20-13(19)12-10(4)15-14(21-12)16(8-9(2)3)7-6-11(17)18/h2,5-8H2,1,3-4H3,(H,17,18). The molecule has 1 heterocycles. The number of hydrogen-bond acceptors (Lipinski definition) is 6. The Bertz CT molecular complexity index is 539. The lowest BCUT2D eigenvalue weighted by atomic mass is 10.3. The average Bonchev–Trinajstić information content (AvgIpc) is 2.76. The molecule has 0 saturated carbocycles. The molecule has 0 amide bonds. The predicted octanol–water partition coefficient (Wildman–Crippen LogP) is 2.49. The van der Waals surface area contributed by atoms with Crippen molar-refractivity contribution in [3.8, 4) is 0 Å². The van der Waals surface area contributed by atoms with Crippen LogP contribution in [-0.2, 0) is 9.53 Å². The molecular formula is C14H20N2O4S. The number of carboxylic acids is 1. The van der Waals surface area contributed by atoms with E-state index in [1.807, 2.05) is 11.8 Å². The molecule has 0 atom stereocenters. The fraction of sp³-hybridized carbons (Fsp3) is 0.500. The molecule has 0 aromatic carbocycles. The maximum Gasteiger partial charge on any atom is 0.350 e. The van der Waals surface area contributed by atoms with Crippen molar-refractivity contribution in [3.05, 3.63) is 22.7 Å². The number of aliphatic carboxylic acids is 1. The molecule has 7 heteroatoms. The monoisotopic (exact) mass is 312 g/mol. The Hall–Kier alpha value is -1.89. The summed E-state index contributed by atoms with van der Waals surface area (Å²) in [5.74, 6) is -1.27. The van der Waals surface area contributed by atoms with Gasteiger partial charge in [0.1, 0.15) is 4.88 Å². The van der Waals surface area contributed by atoms with Gasteiger partial charge < -0.3 is 14.7 Å². The third kappa shape index (κ3) is 5.18. The van der Waals surface area contributed by atoms with Crippen LogP contribution in [0, 0.1) is 6.92 Å². The number of rotatable bonds is 8. The Morgan fingerprint density at radius 1 is 1.48 bits per heavy atom. The summed E-state index contributed by atoms with van der Waals surface area (Å²) in [6.45, 7) is 10.3. The SMILES string of the molecule is C=C(C)CN(CCC(=O)O)c1nc(C)c(C(=O)OCC)s1. The Kier molecular flexibility index (Phi) is 6.36. The maximum absolute atomic E-state index is 11.8. The van der Waals surface area contributed by atoms with Crippen LogP contribution in [0.15, 0.2) is 12.2 Å². The van der Waals surface area contributed by atoms with E-state index in [4.69, 9.17) is 9.84 Å². The van der Waals surface area contributed by atoms with Crippen molar-refractivity contribution < 1.29 is 19.4 Å². The number of aryl methyl sites for hydroxylation is 1. The first-order chi connectivity index (χ1) is 9.85. The fourth-order valence-electron chi connectivity index (χ4n) is 1.70. The molecule has 0 unspecified atom stereocenters. The largest absolute Gasteiger partial charge is 0.481 e. The number of hydrogen-bond donors (Lipinski definition) is 1. The van der Waals surface area contributed by atoms with Crippen LogP contribution in [0.4, 0.5) is 5.13 Å². The molecule has 116 valence electrons. The van der Waals surface area contributed by atoms with E-state index in [2.05, 4.69) is 11.6 Å². The smallest absolute Gasteiger partial charge is 0.350 e. The molecule has 0 saturated heterocycles. The number of nitrogens with zero attached hydrogens (tertiary/aromatic N) is 2. The molecule has 1 N–H and O–H groups in total. The molecule has 0 aliphatic rings. The van der Waals surface area contributed by atoms with Crippen LogP contribution >= 0.6 is 11.3 Å². The highest BCUT2D eigenvalue weighted by atomic mass is 32.1. The minimum atomic E-state index is -0.874. The number of anilines is 1. The second-order valence-electron chi connectivity index (χ2n) is 4.65. The molecule has 0 bridgehead atoms. The Morgan fingerprint density at radius 2 is 2.14 bits per heavy atom. The van der Waals surface area contributed by atoms with Gasteiger partial charge in [-0.05, 0) is 20.8 Å². The molecule has 0 aliphatic heterocycles. The quantitative estimate of drug-likeness (QED) is 0.587. The number of carbonyl (C=O) groups is 2. The number of carbonyl (C=O) groups excluding carboxylic acids is 1. The van der Waals surface area contributed by atoms with Crippen molar-refractivity contribution in [1.82, 2.24) is 4.98 Å². The van der Waals surface area contributed by atoms with Crippen LogP contribution in [-0.4, -0.2) is 41.7 Å². The van der Waals surface area contributed by atoms with Crippen molar-refractivity contribution in [3.63, 3.8) is 0 Å². The molecule has 21 heavy (non-hydrogen) atoms. The highest BCUT2D eigenvalue weighted by Crippen LogP contribution is 2.27. The van der Waals surface area contributed by atoms with Gasteiger partial charge in [0.15, 0.2) is 5.13 Å². The van der Waals surface area contributed by atoms with E-state index in [1.165, 1.54) is 11.3 Å². The minimum absolute atomic E-state index is 0.000642. The summed E-state index contributed by atoms with van der Waals surface area (Å²) in [4.78, 5) is 29.2. The lowest BCUT2D eigenvalue weighted by molar-refractivity contribution is -0.136. The van der Waals surface area contributed by atoms with Crippen LogP contribution in [0.1, 0.15) is 35.6 Å². The summed E-state index contributed by atoms with van der Waals surface area (Å²) in [5, 5.41) is 9.43. The van der Waals surface area contributed by atoms with Crippen molar-refractivity contribution in [2.75, 3.05) is 24.6 Å². The molecule has 0 fully saturated rings. The third-order valence-electron chi connectivity index (χ3n) is 2.57. The zero-order valence-corrected chi connectivity index (χ0v) is 13.3. The normalized spacial score (nSPS) is 10.2. The summed E-state index contributed by atoms with van der Waals surface area (Å²) >= 11 is 1.22. The first-order valence-corrected chi connectivity index (χ1v) is 7.42. The lowest BCUT2D eigenvalue weighted by Crippen LogP contribution is -2.27. The first-order valence-electron chi connectivity index (χ1n) is 6.60. The Morgan fingerprint density at radius 3 is 2.67 bits per heavy atom. The van der Waals surface area contributed by atoms with Crippen LogP contribution in [0.2, 0.25) is 0 Å². The van der Waals surface area contributed by atoms with Gasteiger partial charge in [0.25, 0.3) is 0 Å². The van der Waals surface area contributed by atoms with Gasteiger partial charge in [0, 0.05) is 13.1 Å². The number of esters is 1. The van der Waals surface area contributed by atoms with Gasteiger partial charge in [-0.1, -0.05) is 23.5 Å². The van der Waals surface area contributed by atoms with Crippen LogP contribution in [0.3, 0.4) is 0 Å². The number of aromatic nitrogens is 1. The van der Waals surface area contributed by atoms with Crippen molar-refractivity contribution in [1.29, 1.82) is 0 Å².